The second-order valence-electron chi connectivity index (χ2n) is 5.85. The van der Waals surface area contributed by atoms with Crippen LogP contribution < -0.4 is 10.6 Å². The molecule has 25 heavy (non-hydrogen) atoms. The second kappa shape index (κ2) is 7.56. The van der Waals surface area contributed by atoms with Crippen LogP contribution in [-0.4, -0.2) is 11.8 Å². The molecule has 0 aliphatic carbocycles. The molecule has 5 nitrogen and oxygen atoms in total. The Morgan fingerprint density at radius 2 is 1.44 bits per heavy atom. The van der Waals surface area contributed by atoms with Crippen LogP contribution in [0.1, 0.15) is 19.4 Å². The van der Waals surface area contributed by atoms with E-state index in [1.165, 1.54) is 19.9 Å². The summed E-state index contributed by atoms with van der Waals surface area (Å²) in [4.78, 5) is 24.9. The summed E-state index contributed by atoms with van der Waals surface area (Å²) in [5, 5.41) is 14.8. The van der Waals surface area contributed by atoms with E-state index in [4.69, 9.17) is 28.5 Å². The largest absolute Gasteiger partial charge is 0.325 e. The zero-order valence-corrected chi connectivity index (χ0v) is 15.1. The van der Waals surface area contributed by atoms with Crippen LogP contribution in [0.4, 0.5) is 11.4 Å². The quantitative estimate of drug-likeness (QED) is 0.773. The van der Waals surface area contributed by atoms with E-state index in [1.807, 2.05) is 6.07 Å². The minimum atomic E-state index is -1.33. The molecule has 2 N–H and O–H groups in total. The fourth-order valence-electron chi connectivity index (χ4n) is 1.88. The Hall–Kier alpha value is -2.55. The van der Waals surface area contributed by atoms with Gasteiger partial charge < -0.3 is 10.6 Å². The van der Waals surface area contributed by atoms with Gasteiger partial charge in [-0.2, -0.15) is 5.26 Å². The van der Waals surface area contributed by atoms with Crippen LogP contribution in [0.2, 0.25) is 10.0 Å². The summed E-state index contributed by atoms with van der Waals surface area (Å²) in [7, 11) is 0. The molecule has 0 atom stereocenters. The predicted octanol–water partition coefficient (Wildman–Crippen LogP) is 4.47. The maximum Gasteiger partial charge on any atom is 0.239 e. The zero-order valence-electron chi connectivity index (χ0n) is 13.6. The Morgan fingerprint density at radius 3 is 1.96 bits per heavy atom. The van der Waals surface area contributed by atoms with Gasteiger partial charge in [0.1, 0.15) is 5.41 Å². The summed E-state index contributed by atoms with van der Waals surface area (Å²) in [5.41, 5.74) is 0.0905. The van der Waals surface area contributed by atoms with E-state index in [0.717, 1.165) is 0 Å². The van der Waals surface area contributed by atoms with Gasteiger partial charge in [0.05, 0.1) is 21.7 Å². The van der Waals surface area contributed by atoms with Crippen LogP contribution in [0.3, 0.4) is 0 Å². The first-order valence-electron chi connectivity index (χ1n) is 7.32. The van der Waals surface area contributed by atoms with Crippen molar-refractivity contribution in [2.24, 2.45) is 5.41 Å². The molecule has 7 heteroatoms. The first kappa shape index (κ1) is 18.8. The van der Waals surface area contributed by atoms with Gasteiger partial charge in [0.15, 0.2) is 0 Å². The highest BCUT2D eigenvalue weighted by Gasteiger charge is 2.36. The lowest BCUT2D eigenvalue weighted by Crippen LogP contribution is -2.41. The summed E-state index contributed by atoms with van der Waals surface area (Å²) in [6.45, 7) is 3.03. The average molecular weight is 376 g/mol. The van der Waals surface area contributed by atoms with E-state index in [0.29, 0.717) is 27.0 Å². The number of hydrogen-bond acceptors (Lipinski definition) is 3. The van der Waals surface area contributed by atoms with Gasteiger partial charge in [-0.25, -0.2) is 0 Å². The van der Waals surface area contributed by atoms with Crippen molar-refractivity contribution in [2.75, 3.05) is 10.6 Å². The number of benzene rings is 2. The second-order valence-corrected chi connectivity index (χ2v) is 6.67. The number of carbonyl (C=O) groups is 2. The highest BCUT2D eigenvalue weighted by atomic mass is 35.5. The Kier molecular flexibility index (Phi) is 5.68. The van der Waals surface area contributed by atoms with Gasteiger partial charge >= 0.3 is 0 Å². The fourth-order valence-corrected chi connectivity index (χ4v) is 2.18. The standard InChI is InChI=1S/C18H15Cl2N3O2/c1-18(2,16(24)22-12-5-3-11(10-21)4-6-12)17(25)23-13-7-8-14(19)15(20)9-13/h3-9H,1-2H3,(H,22,24)(H,23,25). The van der Waals surface area contributed by atoms with Crippen LogP contribution in [-0.2, 0) is 9.59 Å². The van der Waals surface area contributed by atoms with Gasteiger partial charge in [-0.1, -0.05) is 23.2 Å². The lowest BCUT2D eigenvalue weighted by molar-refractivity contribution is -0.135. The Labute approximate surface area is 155 Å². The first-order chi connectivity index (χ1) is 11.7. The highest BCUT2D eigenvalue weighted by molar-refractivity contribution is 6.42. The van der Waals surface area contributed by atoms with Gasteiger partial charge in [-0.15, -0.1) is 0 Å². The monoisotopic (exact) mass is 375 g/mol. The van der Waals surface area contributed by atoms with Crippen molar-refractivity contribution in [3.63, 3.8) is 0 Å². The molecule has 0 saturated heterocycles. The number of anilines is 2. The molecule has 2 aromatic rings. The molecule has 0 heterocycles. The van der Waals surface area contributed by atoms with Crippen molar-refractivity contribution in [3.05, 3.63) is 58.1 Å². The zero-order chi connectivity index (χ0) is 18.6. The van der Waals surface area contributed by atoms with E-state index in [1.54, 1.807) is 36.4 Å². The SMILES string of the molecule is CC(C)(C(=O)Nc1ccc(C#N)cc1)C(=O)Nc1ccc(Cl)c(Cl)c1. The smallest absolute Gasteiger partial charge is 0.239 e. The number of nitrogens with zero attached hydrogens (tertiary/aromatic N) is 1. The Bertz CT molecular complexity index is 856. The summed E-state index contributed by atoms with van der Waals surface area (Å²) in [6.07, 6.45) is 0. The predicted molar refractivity (Wildman–Crippen MR) is 98.7 cm³/mol. The van der Waals surface area contributed by atoms with Gasteiger partial charge in [0.25, 0.3) is 0 Å². The lowest BCUT2D eigenvalue weighted by atomic mass is 9.90. The van der Waals surface area contributed by atoms with Crippen molar-refractivity contribution < 1.29 is 9.59 Å². The van der Waals surface area contributed by atoms with Crippen LogP contribution >= 0.6 is 23.2 Å². The number of rotatable bonds is 4. The number of halogens is 2. The summed E-state index contributed by atoms with van der Waals surface area (Å²) in [5.74, 6) is -0.966. The molecule has 0 aliphatic rings. The maximum atomic E-state index is 12.5. The Balaban J connectivity index is 2.09. The topological polar surface area (TPSA) is 82.0 Å². The van der Waals surface area contributed by atoms with Gasteiger partial charge in [0.2, 0.25) is 11.8 Å². The summed E-state index contributed by atoms with van der Waals surface area (Å²) >= 11 is 11.8. The van der Waals surface area contributed by atoms with Crippen molar-refractivity contribution in [3.8, 4) is 6.07 Å². The molecule has 128 valence electrons. The normalized spacial score (nSPS) is 10.7. The first-order valence-corrected chi connectivity index (χ1v) is 8.08. The van der Waals surface area contributed by atoms with Crippen LogP contribution in [0.5, 0.6) is 0 Å². The molecular weight excluding hydrogens is 361 g/mol. The third kappa shape index (κ3) is 4.50. The average Bonchev–Trinajstić information content (AvgIpc) is 2.58. The van der Waals surface area contributed by atoms with E-state index in [9.17, 15) is 9.59 Å². The van der Waals surface area contributed by atoms with E-state index in [-0.39, 0.29) is 0 Å². The summed E-state index contributed by atoms with van der Waals surface area (Å²) < 4.78 is 0. The van der Waals surface area contributed by atoms with E-state index < -0.39 is 17.2 Å². The molecule has 0 aliphatic heterocycles. The van der Waals surface area contributed by atoms with Crippen molar-refractivity contribution in [2.45, 2.75) is 13.8 Å². The molecule has 0 bridgehead atoms. The van der Waals surface area contributed by atoms with Crippen LogP contribution in [0, 0.1) is 16.7 Å². The van der Waals surface area contributed by atoms with Gasteiger partial charge in [-0.05, 0) is 56.3 Å². The molecule has 2 aromatic carbocycles. The van der Waals surface area contributed by atoms with Crippen molar-refractivity contribution in [1.82, 2.24) is 0 Å². The Morgan fingerprint density at radius 1 is 0.920 bits per heavy atom. The van der Waals surface area contributed by atoms with Crippen molar-refractivity contribution >= 4 is 46.4 Å². The van der Waals surface area contributed by atoms with Crippen LogP contribution in [0.15, 0.2) is 42.5 Å². The maximum absolute atomic E-state index is 12.5. The molecule has 0 unspecified atom stereocenters. The number of amides is 2. The fraction of sp³-hybridized carbons (Fsp3) is 0.167. The number of carbonyl (C=O) groups excluding carboxylic acids is 2. The van der Waals surface area contributed by atoms with E-state index in [2.05, 4.69) is 10.6 Å². The molecule has 0 fully saturated rings. The summed E-state index contributed by atoms with van der Waals surface area (Å²) in [6, 6.07) is 13.0. The highest BCUT2D eigenvalue weighted by Crippen LogP contribution is 2.27. The lowest BCUT2D eigenvalue weighted by Gasteiger charge is -2.23. The third-order valence-electron chi connectivity index (χ3n) is 3.58. The molecular formula is C18H15Cl2N3O2. The molecule has 0 radical (unpaired) electrons. The van der Waals surface area contributed by atoms with E-state index >= 15 is 0 Å². The number of nitriles is 1. The molecule has 0 spiro atoms. The molecule has 0 saturated carbocycles. The minimum absolute atomic E-state index is 0.305. The number of hydrogen-bond donors (Lipinski definition) is 2. The molecule has 0 aromatic heterocycles. The molecule has 2 rings (SSSR count). The minimum Gasteiger partial charge on any atom is -0.325 e. The van der Waals surface area contributed by atoms with Crippen LogP contribution in [0.25, 0.3) is 0 Å². The van der Waals surface area contributed by atoms with Gasteiger partial charge in [-0.3, -0.25) is 9.59 Å². The molecule has 2 amide bonds. The van der Waals surface area contributed by atoms with Crippen molar-refractivity contribution in [1.29, 1.82) is 5.26 Å². The third-order valence-corrected chi connectivity index (χ3v) is 4.32. The van der Waals surface area contributed by atoms with Gasteiger partial charge in [0, 0.05) is 11.4 Å². The number of nitrogens with one attached hydrogen (secondary N) is 2.